The van der Waals surface area contributed by atoms with Crippen LogP contribution in [0.4, 0.5) is 8.78 Å². The molecule has 2 fully saturated rings. The van der Waals surface area contributed by atoms with Crippen molar-refractivity contribution in [1.29, 1.82) is 0 Å². The Bertz CT molecular complexity index is 899. The SMILES string of the molecule is O=c1[nH]c(CSC2CCCCC2)nc2c1=C(F)C(F)C(=NC1CCCC1)C=2. The lowest BCUT2D eigenvalue weighted by Gasteiger charge is -2.20. The van der Waals surface area contributed by atoms with Crippen LogP contribution in [0.15, 0.2) is 9.79 Å². The van der Waals surface area contributed by atoms with Crippen LogP contribution in [-0.4, -0.2) is 33.1 Å². The van der Waals surface area contributed by atoms with E-state index in [1.165, 1.54) is 38.2 Å². The Hall–Kier alpha value is -1.50. The first-order chi connectivity index (χ1) is 13.1. The Balaban J connectivity index is 1.63. The zero-order chi connectivity index (χ0) is 18.8. The largest absolute Gasteiger partial charge is 0.309 e. The summed E-state index contributed by atoms with van der Waals surface area (Å²) in [5.74, 6) is 0.0388. The van der Waals surface area contributed by atoms with E-state index in [2.05, 4.69) is 15.0 Å². The predicted octanol–water partition coefficient (Wildman–Crippen LogP) is 2.93. The van der Waals surface area contributed by atoms with Crippen molar-refractivity contribution in [2.24, 2.45) is 4.99 Å². The highest BCUT2D eigenvalue weighted by molar-refractivity contribution is 7.99. The molecule has 1 aromatic heterocycles. The number of aromatic amines is 1. The monoisotopic (exact) mass is 393 g/mol. The molecule has 0 saturated heterocycles. The van der Waals surface area contributed by atoms with Crippen molar-refractivity contribution in [2.45, 2.75) is 81.0 Å². The first kappa shape index (κ1) is 18.8. The van der Waals surface area contributed by atoms with Gasteiger partial charge >= 0.3 is 0 Å². The van der Waals surface area contributed by atoms with Gasteiger partial charge in [0.2, 0.25) is 0 Å². The summed E-state index contributed by atoms with van der Waals surface area (Å²) in [6, 6.07) is 0.0483. The first-order valence-electron chi connectivity index (χ1n) is 9.96. The number of rotatable bonds is 4. The molecule has 4 rings (SSSR count). The van der Waals surface area contributed by atoms with Gasteiger partial charge in [-0.1, -0.05) is 32.1 Å². The second kappa shape index (κ2) is 8.25. The normalized spacial score (nSPS) is 25.6. The maximum atomic E-state index is 14.5. The lowest BCUT2D eigenvalue weighted by atomic mass is 10.0. The highest BCUT2D eigenvalue weighted by Crippen LogP contribution is 2.29. The van der Waals surface area contributed by atoms with E-state index in [9.17, 15) is 13.6 Å². The van der Waals surface area contributed by atoms with Crippen LogP contribution in [0.2, 0.25) is 0 Å². The summed E-state index contributed by atoms with van der Waals surface area (Å²) in [4.78, 5) is 23.8. The number of fused-ring (bicyclic) bond motifs is 1. The third-order valence-electron chi connectivity index (χ3n) is 5.67. The first-order valence-corrected chi connectivity index (χ1v) is 11.0. The average molecular weight is 394 g/mol. The van der Waals surface area contributed by atoms with E-state index in [4.69, 9.17) is 0 Å². The minimum Gasteiger partial charge on any atom is -0.309 e. The third-order valence-corrected chi connectivity index (χ3v) is 7.05. The van der Waals surface area contributed by atoms with Gasteiger partial charge in [0.05, 0.1) is 22.9 Å². The fourth-order valence-corrected chi connectivity index (χ4v) is 5.38. The molecule has 0 aliphatic heterocycles. The van der Waals surface area contributed by atoms with Gasteiger partial charge in [-0.25, -0.2) is 13.8 Å². The molecule has 1 aromatic rings. The molecule has 7 heteroatoms. The molecular formula is C20H25F2N3OS. The molecule has 0 bridgehead atoms. The van der Waals surface area contributed by atoms with E-state index >= 15 is 0 Å². The number of hydrogen-bond acceptors (Lipinski definition) is 4. The Labute approximate surface area is 161 Å². The zero-order valence-corrected chi connectivity index (χ0v) is 16.2. The van der Waals surface area contributed by atoms with Gasteiger partial charge in [-0.2, -0.15) is 11.8 Å². The number of halogens is 2. The summed E-state index contributed by atoms with van der Waals surface area (Å²) in [6.45, 7) is 0. The van der Waals surface area contributed by atoms with Crippen molar-refractivity contribution in [3.63, 3.8) is 0 Å². The molecule has 1 heterocycles. The molecule has 0 aromatic carbocycles. The Morgan fingerprint density at radius 1 is 1.15 bits per heavy atom. The van der Waals surface area contributed by atoms with Gasteiger partial charge in [-0.15, -0.1) is 0 Å². The number of hydrogen-bond donors (Lipinski definition) is 1. The van der Waals surface area contributed by atoms with Crippen LogP contribution in [0.1, 0.15) is 63.6 Å². The van der Waals surface area contributed by atoms with Gasteiger partial charge < -0.3 is 4.98 Å². The van der Waals surface area contributed by atoms with E-state index < -0.39 is 17.6 Å². The molecule has 146 valence electrons. The number of nitrogens with zero attached hydrogens (tertiary/aromatic N) is 2. The van der Waals surface area contributed by atoms with Crippen molar-refractivity contribution in [3.05, 3.63) is 26.7 Å². The van der Waals surface area contributed by atoms with E-state index in [-0.39, 0.29) is 22.3 Å². The molecule has 1 atom stereocenters. The quantitative estimate of drug-likeness (QED) is 0.856. The summed E-state index contributed by atoms with van der Waals surface area (Å²) in [7, 11) is 0. The van der Waals surface area contributed by atoms with Crippen LogP contribution in [0.3, 0.4) is 0 Å². The molecule has 0 radical (unpaired) electrons. The maximum Gasteiger partial charge on any atom is 0.261 e. The van der Waals surface area contributed by atoms with Crippen molar-refractivity contribution in [3.8, 4) is 0 Å². The van der Waals surface area contributed by atoms with Gasteiger partial charge in [0.1, 0.15) is 11.0 Å². The Morgan fingerprint density at radius 2 is 1.85 bits per heavy atom. The minimum absolute atomic E-state index is 0.0483. The molecule has 3 aliphatic rings. The molecule has 3 aliphatic carbocycles. The van der Waals surface area contributed by atoms with Gasteiger partial charge in [0, 0.05) is 5.25 Å². The number of thioether (sulfide) groups is 1. The van der Waals surface area contributed by atoms with Crippen LogP contribution in [0.25, 0.3) is 11.9 Å². The number of alkyl halides is 1. The van der Waals surface area contributed by atoms with Crippen LogP contribution in [-0.2, 0) is 5.75 Å². The van der Waals surface area contributed by atoms with E-state index in [0.29, 0.717) is 16.8 Å². The van der Waals surface area contributed by atoms with Crippen LogP contribution in [0, 0.1) is 0 Å². The summed E-state index contributed by atoms with van der Waals surface area (Å²) >= 11 is 1.79. The number of aliphatic imine (C=N–C) groups is 1. The molecule has 2 saturated carbocycles. The molecule has 0 spiro atoms. The molecule has 4 nitrogen and oxygen atoms in total. The molecule has 27 heavy (non-hydrogen) atoms. The summed E-state index contributed by atoms with van der Waals surface area (Å²) < 4.78 is 29.0. The zero-order valence-electron chi connectivity index (χ0n) is 15.3. The van der Waals surface area contributed by atoms with Crippen LogP contribution < -0.4 is 16.1 Å². The van der Waals surface area contributed by atoms with Crippen molar-refractivity contribution in [1.82, 2.24) is 9.97 Å². The number of nitrogens with one attached hydrogen (secondary N) is 1. The molecule has 0 amide bonds. The highest BCUT2D eigenvalue weighted by atomic mass is 32.2. The van der Waals surface area contributed by atoms with E-state index in [0.717, 1.165) is 25.7 Å². The van der Waals surface area contributed by atoms with Gasteiger partial charge in [-0.05, 0) is 31.8 Å². The second-order valence-electron chi connectivity index (χ2n) is 7.69. The average Bonchev–Trinajstić information content (AvgIpc) is 3.18. The van der Waals surface area contributed by atoms with E-state index in [1.807, 2.05) is 0 Å². The lowest BCUT2D eigenvalue weighted by Crippen LogP contribution is -2.50. The van der Waals surface area contributed by atoms with Gasteiger partial charge in [-0.3, -0.25) is 9.79 Å². The third kappa shape index (κ3) is 4.18. The summed E-state index contributed by atoms with van der Waals surface area (Å²) in [6.07, 6.45) is 9.62. The summed E-state index contributed by atoms with van der Waals surface area (Å²) in [5, 5.41) is 0.516. The molecular weight excluding hydrogens is 368 g/mol. The van der Waals surface area contributed by atoms with Gasteiger partial charge in [0.25, 0.3) is 5.56 Å². The Kier molecular flexibility index (Phi) is 5.76. The molecule has 1 N–H and O–H groups in total. The standard InChI is InChI=1S/C20H25F2N3OS/c21-18-15(23-12-6-4-5-7-12)10-14-17(19(18)22)20(26)25-16(24-14)11-27-13-8-2-1-3-9-13/h10,12-13,18H,1-9,11H2,(H,24,25,26). The highest BCUT2D eigenvalue weighted by Gasteiger charge is 2.27. The predicted molar refractivity (Wildman–Crippen MR) is 106 cm³/mol. The fourth-order valence-electron chi connectivity index (χ4n) is 4.19. The lowest BCUT2D eigenvalue weighted by molar-refractivity contribution is 0.453. The minimum atomic E-state index is -1.97. The molecule has 1 unspecified atom stereocenters. The van der Waals surface area contributed by atoms with E-state index in [1.54, 1.807) is 11.8 Å². The van der Waals surface area contributed by atoms with Crippen molar-refractivity contribution in [2.75, 3.05) is 0 Å². The van der Waals surface area contributed by atoms with Crippen LogP contribution in [0.5, 0.6) is 0 Å². The smallest absolute Gasteiger partial charge is 0.261 e. The number of H-pyrrole nitrogens is 1. The number of aromatic nitrogens is 2. The topological polar surface area (TPSA) is 58.1 Å². The van der Waals surface area contributed by atoms with Crippen LogP contribution >= 0.6 is 11.8 Å². The summed E-state index contributed by atoms with van der Waals surface area (Å²) in [5.41, 5.74) is -0.536. The Morgan fingerprint density at radius 3 is 2.59 bits per heavy atom. The second-order valence-corrected chi connectivity index (χ2v) is 8.98. The van der Waals surface area contributed by atoms with Crippen molar-refractivity contribution < 1.29 is 8.78 Å². The maximum absolute atomic E-state index is 14.5. The van der Waals surface area contributed by atoms with Crippen molar-refractivity contribution >= 4 is 29.4 Å². The fraction of sp³-hybridized carbons (Fsp3) is 0.650. The van der Waals surface area contributed by atoms with Gasteiger partial charge in [0.15, 0.2) is 12.0 Å².